The van der Waals surface area contributed by atoms with Crippen molar-refractivity contribution in [2.24, 2.45) is 0 Å². The summed E-state index contributed by atoms with van der Waals surface area (Å²) < 4.78 is 82.7. The number of carbonyl (C=O) groups excluding carboxylic acids is 3. The molecule has 0 aliphatic carbocycles. The number of sulfonamides is 3. The van der Waals surface area contributed by atoms with E-state index in [2.05, 4.69) is 37.2 Å². The summed E-state index contributed by atoms with van der Waals surface area (Å²) in [5.74, 6) is -0.986. The number of nitrogens with one attached hydrogen (secondary N) is 3. The van der Waals surface area contributed by atoms with Crippen LogP contribution in [-0.4, -0.2) is 157 Å². The Kier molecular flexibility index (Phi) is 20.2. The van der Waals surface area contributed by atoms with E-state index < -0.39 is 52.8 Å². The molecule has 478 valence electrons. The predicted molar refractivity (Wildman–Crippen MR) is 345 cm³/mol. The van der Waals surface area contributed by atoms with Crippen LogP contribution < -0.4 is 16.0 Å². The first-order valence-corrected chi connectivity index (χ1v) is 35.0. The first-order chi connectivity index (χ1) is 42.7. The van der Waals surface area contributed by atoms with Crippen molar-refractivity contribution in [3.63, 3.8) is 0 Å². The van der Waals surface area contributed by atoms with Crippen LogP contribution in [0.15, 0.2) is 161 Å². The number of hydrogen-bond acceptors (Lipinski definition) is 14. The van der Waals surface area contributed by atoms with Crippen LogP contribution >= 0.6 is 46.4 Å². The van der Waals surface area contributed by atoms with Crippen LogP contribution in [-0.2, 0) is 64.1 Å². The van der Waals surface area contributed by atoms with Gasteiger partial charge in [0, 0.05) is 63.9 Å². The van der Waals surface area contributed by atoms with Gasteiger partial charge in [-0.05, 0) is 104 Å². The fraction of sp³-hybridized carbons (Fsp3) is 0.349. The Balaban J connectivity index is 0.000000148. The molecule has 3 spiro atoms. The first kappa shape index (κ1) is 66.8. The van der Waals surface area contributed by atoms with Crippen LogP contribution in [0.1, 0.15) is 67.7 Å². The van der Waals surface area contributed by atoms with E-state index in [4.69, 9.17) is 46.4 Å². The summed E-state index contributed by atoms with van der Waals surface area (Å²) in [5.41, 5.74) is 3.50. The third-order valence-electron chi connectivity index (χ3n) is 17.5. The molecular weight excluding hydrogens is 1300 g/mol. The number of hydrogen-bond donors (Lipinski definition) is 5. The molecule has 12 rings (SSSR count). The van der Waals surface area contributed by atoms with Crippen molar-refractivity contribution in [1.82, 2.24) is 43.6 Å². The lowest BCUT2D eigenvalue weighted by Gasteiger charge is -2.43. The molecule has 20 nitrogen and oxygen atoms in total. The average molecular weight is 1370 g/mol. The number of rotatable bonds is 13. The summed E-state index contributed by atoms with van der Waals surface area (Å²) in [6, 6.07) is 41.5. The number of amides is 3. The number of allylic oxidation sites excluding steroid dienone is 1. The van der Waals surface area contributed by atoms with Gasteiger partial charge >= 0.3 is 0 Å². The van der Waals surface area contributed by atoms with Crippen molar-refractivity contribution in [3.05, 3.63) is 188 Å². The second kappa shape index (κ2) is 27.2. The first-order valence-electron chi connectivity index (χ1n) is 29.2. The topological polar surface area (TPSA) is 250 Å². The maximum absolute atomic E-state index is 13.1. The van der Waals surface area contributed by atoms with Crippen LogP contribution in [0.2, 0.25) is 20.1 Å². The van der Waals surface area contributed by atoms with E-state index in [1.165, 1.54) is 37.2 Å². The van der Waals surface area contributed by atoms with Crippen LogP contribution in [0.4, 0.5) is 0 Å². The van der Waals surface area contributed by atoms with Gasteiger partial charge in [-0.25, -0.2) is 25.3 Å². The van der Waals surface area contributed by atoms with Crippen molar-refractivity contribution < 1.29 is 49.9 Å². The molecular formula is C63H69Cl4N9O11S3. The molecule has 0 saturated carbocycles. The number of phenolic OH excluding ortho intramolecular Hbond substituents is 2. The summed E-state index contributed by atoms with van der Waals surface area (Å²) in [6.45, 7) is 10.1. The van der Waals surface area contributed by atoms with Crippen molar-refractivity contribution >= 4 is 99.8 Å². The molecule has 6 aliphatic heterocycles. The third kappa shape index (κ3) is 14.4. The fourth-order valence-corrected chi connectivity index (χ4v) is 18.3. The summed E-state index contributed by atoms with van der Waals surface area (Å²) in [7, 11) is -11.4. The minimum absolute atomic E-state index is 0.00220. The number of aromatic hydroxyl groups is 2. The zero-order valence-electron chi connectivity index (χ0n) is 49.2. The van der Waals surface area contributed by atoms with E-state index in [1.54, 1.807) is 24.3 Å². The lowest BCUT2D eigenvalue weighted by atomic mass is 9.97. The molecule has 0 aromatic heterocycles. The molecule has 0 unspecified atom stereocenters. The molecule has 6 aliphatic rings. The number of nitrogens with zero attached hydrogens (tertiary/aromatic N) is 6. The highest BCUT2D eigenvalue weighted by Gasteiger charge is 2.51. The van der Waals surface area contributed by atoms with E-state index in [0.29, 0.717) is 82.7 Å². The molecule has 6 aromatic rings. The van der Waals surface area contributed by atoms with E-state index in [0.717, 1.165) is 27.8 Å². The minimum atomic E-state index is -3.99. The highest BCUT2D eigenvalue weighted by atomic mass is 35.5. The van der Waals surface area contributed by atoms with Crippen LogP contribution in [0, 0.1) is 0 Å². The summed E-state index contributed by atoms with van der Waals surface area (Å²) in [4.78, 5) is 42.8. The Morgan fingerprint density at radius 2 is 0.778 bits per heavy atom. The van der Waals surface area contributed by atoms with Crippen molar-refractivity contribution in [2.45, 2.75) is 96.8 Å². The van der Waals surface area contributed by atoms with E-state index in [9.17, 15) is 49.9 Å². The number of carbonyl (C=O) groups is 3. The van der Waals surface area contributed by atoms with Crippen molar-refractivity contribution in [2.75, 3.05) is 58.9 Å². The number of phenols is 2. The largest absolute Gasteiger partial charge is 0.505 e. The molecule has 0 radical (unpaired) electrons. The van der Waals surface area contributed by atoms with Crippen LogP contribution in [0.25, 0.3) is 5.57 Å². The number of halogens is 4. The second-order valence-electron chi connectivity index (χ2n) is 23.3. The zero-order valence-corrected chi connectivity index (χ0v) is 54.7. The van der Waals surface area contributed by atoms with Gasteiger partial charge in [0.1, 0.15) is 4.90 Å². The van der Waals surface area contributed by atoms with Crippen LogP contribution in [0.5, 0.6) is 11.5 Å². The molecule has 27 heteroatoms. The summed E-state index contributed by atoms with van der Waals surface area (Å²) in [6.07, 6.45) is 2.91. The Hall–Kier alpha value is -6.16. The van der Waals surface area contributed by atoms with Gasteiger partial charge in [-0.1, -0.05) is 162 Å². The van der Waals surface area contributed by atoms with Gasteiger partial charge in [0.15, 0.2) is 11.5 Å². The minimum Gasteiger partial charge on any atom is -0.505 e. The molecule has 90 heavy (non-hydrogen) atoms. The monoisotopic (exact) mass is 1360 g/mol. The molecule has 6 heterocycles. The Morgan fingerprint density at radius 3 is 1.12 bits per heavy atom. The smallest absolute Gasteiger partial charge is 0.246 e. The third-order valence-corrected chi connectivity index (χ3v) is 24.2. The normalized spacial score (nSPS) is 19.8. The van der Waals surface area contributed by atoms with Gasteiger partial charge in [-0.3, -0.25) is 29.1 Å². The van der Waals surface area contributed by atoms with Crippen molar-refractivity contribution in [1.29, 1.82) is 0 Å². The number of piperidine rings is 3. The fourth-order valence-electron chi connectivity index (χ4n) is 12.5. The van der Waals surface area contributed by atoms with Crippen molar-refractivity contribution in [3.8, 4) is 11.5 Å². The molecule has 5 N–H and O–H groups in total. The van der Waals surface area contributed by atoms with Gasteiger partial charge in [-0.15, -0.1) is 0 Å². The molecule has 0 bridgehead atoms. The van der Waals surface area contributed by atoms with Gasteiger partial charge in [-0.2, -0.15) is 12.9 Å². The number of benzene rings is 6. The summed E-state index contributed by atoms with van der Waals surface area (Å²) in [5, 5.41) is 28.9. The maximum atomic E-state index is 13.1. The molecule has 6 saturated heterocycles. The Labute approximate surface area is 545 Å². The standard InChI is InChI=1S/C23H27N3O3S.2C20H21Cl2N3O4S/c1-18(2)20-8-10-21(11-9-20)30(28,29)26-14-12-23(13-15-26)24-22(27)17-25(23)16-19-6-4-3-5-7-19;21-16-10-15(11-17(22)19(16)27)30(28,29)25-8-6-20(7-9-25)23-18(26)13-24(20)12-14-4-2-1-3-5-14;21-15-10-16(22)19(27)17(11-15)30(28,29)25-8-6-20(7-9-25)23-18(26)13-24(20)12-14-4-2-1-3-5-14/h3-11H,1,12-17H2,2H3,(H,24,27);2*1-5,10-11,27H,6-9,12-13H2,(H,23,26). The average Bonchev–Trinajstić information content (AvgIpc) is 1.48. The van der Waals surface area contributed by atoms with Gasteiger partial charge in [0.2, 0.25) is 47.8 Å². The quantitative estimate of drug-likeness (QED) is 0.0728. The zero-order chi connectivity index (χ0) is 64.4. The predicted octanol–water partition coefficient (Wildman–Crippen LogP) is 8.46. The van der Waals surface area contributed by atoms with E-state index >= 15 is 0 Å². The molecule has 3 amide bonds. The maximum Gasteiger partial charge on any atom is 0.246 e. The highest BCUT2D eigenvalue weighted by molar-refractivity contribution is 7.89. The lowest BCUT2D eigenvalue weighted by molar-refractivity contribution is -0.120. The second-order valence-corrected chi connectivity index (χ2v) is 30.7. The Bertz CT molecular complexity index is 3980. The van der Waals surface area contributed by atoms with Gasteiger partial charge in [0.05, 0.1) is 61.5 Å². The van der Waals surface area contributed by atoms with Gasteiger partial charge in [0.25, 0.3) is 0 Å². The highest BCUT2D eigenvalue weighted by Crippen LogP contribution is 2.41. The SMILES string of the molecule is C=C(C)c1ccc(S(=O)(=O)N2CCC3(CC2)NC(=O)CN3Cc2ccccc2)cc1.O=C1CN(Cc2ccccc2)C2(CCN(S(=O)(=O)c3cc(Cl)c(O)c(Cl)c3)CC2)N1.O=C1CN(Cc2ccccc2)C2(CCN(S(=O)(=O)c3cc(Cl)cc(Cl)c3O)CC2)N1. The molecule has 0 atom stereocenters. The van der Waals surface area contributed by atoms with E-state index in [1.807, 2.05) is 97.9 Å². The van der Waals surface area contributed by atoms with Gasteiger partial charge < -0.3 is 26.2 Å². The lowest BCUT2D eigenvalue weighted by Crippen LogP contribution is -2.58. The van der Waals surface area contributed by atoms with Crippen LogP contribution in [0.3, 0.4) is 0 Å². The summed E-state index contributed by atoms with van der Waals surface area (Å²) >= 11 is 23.7. The molecule has 6 fully saturated rings. The van der Waals surface area contributed by atoms with E-state index in [-0.39, 0.29) is 92.6 Å². The Morgan fingerprint density at radius 1 is 0.456 bits per heavy atom. The molecule has 6 aromatic carbocycles.